The molecule has 1 N–H and O–H groups in total. The van der Waals surface area contributed by atoms with Crippen LogP contribution >= 0.6 is 0 Å². The first-order valence-corrected chi connectivity index (χ1v) is 11.9. The van der Waals surface area contributed by atoms with E-state index in [4.69, 9.17) is 9.47 Å². The average molecular weight is 486 g/mol. The van der Waals surface area contributed by atoms with Crippen molar-refractivity contribution >= 4 is 17.4 Å². The lowest BCUT2D eigenvalue weighted by molar-refractivity contribution is -0.140. The van der Waals surface area contributed by atoms with Crippen LogP contribution in [-0.4, -0.2) is 34.9 Å². The largest absolute Gasteiger partial charge is 0.507 e. The molecule has 3 aromatic carbocycles. The van der Waals surface area contributed by atoms with E-state index in [2.05, 4.69) is 0 Å². The highest BCUT2D eigenvalue weighted by Gasteiger charge is 2.46. The molecule has 1 saturated heterocycles. The Bertz CT molecular complexity index is 1310. The summed E-state index contributed by atoms with van der Waals surface area (Å²) in [5.41, 5.74) is 3.95. The van der Waals surface area contributed by atoms with Gasteiger partial charge >= 0.3 is 0 Å². The molecule has 0 aromatic heterocycles. The van der Waals surface area contributed by atoms with Gasteiger partial charge in [0, 0.05) is 12.1 Å². The number of nitrogens with zero attached hydrogens (tertiary/aromatic N) is 1. The van der Waals surface area contributed by atoms with Crippen molar-refractivity contribution in [2.24, 2.45) is 0 Å². The lowest BCUT2D eigenvalue weighted by Gasteiger charge is -2.26. The fraction of sp³-hybridized carbons (Fsp3) is 0.267. The number of aliphatic hydroxyl groups is 1. The Morgan fingerprint density at radius 1 is 0.944 bits per heavy atom. The highest BCUT2D eigenvalue weighted by Crippen LogP contribution is 2.41. The normalized spacial score (nSPS) is 17.1. The number of likely N-dealkylation sites (tertiary alicyclic amines) is 1. The van der Waals surface area contributed by atoms with Gasteiger partial charge in [-0.2, -0.15) is 0 Å². The molecule has 3 aromatic rings. The summed E-state index contributed by atoms with van der Waals surface area (Å²) in [5, 5.41) is 11.4. The van der Waals surface area contributed by atoms with E-state index in [-0.39, 0.29) is 24.0 Å². The van der Waals surface area contributed by atoms with Crippen LogP contribution in [0.5, 0.6) is 11.5 Å². The van der Waals surface area contributed by atoms with Crippen LogP contribution < -0.4 is 9.47 Å². The van der Waals surface area contributed by atoms with Crippen LogP contribution in [0.2, 0.25) is 0 Å². The summed E-state index contributed by atoms with van der Waals surface area (Å²) < 4.78 is 11.0. The van der Waals surface area contributed by atoms with Crippen molar-refractivity contribution < 1.29 is 24.2 Å². The number of ether oxygens (including phenoxy) is 2. The molecule has 36 heavy (non-hydrogen) atoms. The highest BCUT2D eigenvalue weighted by atomic mass is 16.5. The van der Waals surface area contributed by atoms with Gasteiger partial charge in [-0.15, -0.1) is 0 Å². The van der Waals surface area contributed by atoms with Crippen molar-refractivity contribution in [3.63, 3.8) is 0 Å². The predicted molar refractivity (Wildman–Crippen MR) is 139 cm³/mol. The molecule has 1 atom stereocenters. The Morgan fingerprint density at radius 3 is 2.19 bits per heavy atom. The Morgan fingerprint density at radius 2 is 1.58 bits per heavy atom. The van der Waals surface area contributed by atoms with E-state index in [9.17, 15) is 14.7 Å². The molecule has 186 valence electrons. The summed E-state index contributed by atoms with van der Waals surface area (Å²) in [5.74, 6) is -0.123. The molecule has 1 heterocycles. The summed E-state index contributed by atoms with van der Waals surface area (Å²) in [6, 6.07) is 19.6. The number of Topliss-reactive ketones (excluding diaryl/α,β-unsaturated/α-hetero) is 1. The zero-order valence-corrected chi connectivity index (χ0v) is 21.2. The number of carbonyl (C=O) groups is 2. The van der Waals surface area contributed by atoms with Gasteiger partial charge in [-0.1, -0.05) is 42.0 Å². The second-order valence-corrected chi connectivity index (χ2v) is 9.33. The molecule has 1 unspecified atom stereocenters. The van der Waals surface area contributed by atoms with Crippen LogP contribution in [0.25, 0.3) is 5.76 Å². The fourth-order valence-corrected chi connectivity index (χ4v) is 4.45. The summed E-state index contributed by atoms with van der Waals surface area (Å²) >= 11 is 0. The number of aryl methyl sites for hydroxylation is 2. The number of carbonyl (C=O) groups excluding carboxylic acids is 2. The number of rotatable bonds is 7. The minimum atomic E-state index is -0.750. The first-order valence-electron chi connectivity index (χ1n) is 11.9. The standard InChI is InChI=1S/C30H31NO5/c1-18(2)36-24-14-10-22(11-15-24)27-26(28(32)25-16-19(3)6-7-20(25)4)29(33)30(34)31(27)17-21-8-12-23(35-5)13-9-21/h6-16,18,27,32H,17H2,1-5H3/b28-26+. The zero-order valence-electron chi connectivity index (χ0n) is 21.2. The van der Waals surface area contributed by atoms with Gasteiger partial charge < -0.3 is 19.5 Å². The molecule has 4 rings (SSSR count). The summed E-state index contributed by atoms with van der Waals surface area (Å²) in [6.45, 7) is 7.88. The van der Waals surface area contributed by atoms with Gasteiger partial charge in [0.05, 0.1) is 24.8 Å². The van der Waals surface area contributed by atoms with Gasteiger partial charge in [0.1, 0.15) is 17.3 Å². The summed E-state index contributed by atoms with van der Waals surface area (Å²) in [6.07, 6.45) is 0.0147. The van der Waals surface area contributed by atoms with E-state index >= 15 is 0 Å². The number of hydrogen-bond acceptors (Lipinski definition) is 5. The Kier molecular flexibility index (Phi) is 7.15. The van der Waals surface area contributed by atoms with Crippen LogP contribution in [0.1, 0.15) is 47.7 Å². The summed E-state index contributed by atoms with van der Waals surface area (Å²) in [7, 11) is 1.59. The maximum atomic E-state index is 13.4. The minimum Gasteiger partial charge on any atom is -0.507 e. The van der Waals surface area contributed by atoms with Crippen molar-refractivity contribution in [2.75, 3.05) is 7.11 Å². The molecule has 0 bridgehead atoms. The Hall–Kier alpha value is -4.06. The molecule has 0 aliphatic carbocycles. The van der Waals surface area contributed by atoms with E-state index in [1.165, 1.54) is 4.90 Å². The van der Waals surface area contributed by atoms with Crippen molar-refractivity contribution in [3.05, 3.63) is 100 Å². The van der Waals surface area contributed by atoms with Gasteiger partial charge in [0.2, 0.25) is 0 Å². The number of aliphatic hydroxyl groups excluding tert-OH is 1. The van der Waals surface area contributed by atoms with Crippen molar-refractivity contribution in [1.29, 1.82) is 0 Å². The van der Waals surface area contributed by atoms with Gasteiger partial charge in [0.15, 0.2) is 0 Å². The summed E-state index contributed by atoms with van der Waals surface area (Å²) in [4.78, 5) is 28.2. The maximum Gasteiger partial charge on any atom is 0.295 e. The Balaban J connectivity index is 1.83. The highest BCUT2D eigenvalue weighted by molar-refractivity contribution is 6.46. The van der Waals surface area contributed by atoms with Crippen LogP contribution in [0.3, 0.4) is 0 Å². The fourth-order valence-electron chi connectivity index (χ4n) is 4.45. The second kappa shape index (κ2) is 10.3. The van der Waals surface area contributed by atoms with E-state index in [1.807, 2.05) is 94.4 Å². The minimum absolute atomic E-state index is 0.0147. The van der Waals surface area contributed by atoms with Gasteiger partial charge in [0.25, 0.3) is 11.7 Å². The molecular formula is C30H31NO5. The third kappa shape index (κ3) is 4.98. The van der Waals surface area contributed by atoms with E-state index in [0.717, 1.165) is 16.7 Å². The number of methoxy groups -OCH3 is 1. The smallest absolute Gasteiger partial charge is 0.295 e. The monoisotopic (exact) mass is 485 g/mol. The molecular weight excluding hydrogens is 454 g/mol. The predicted octanol–water partition coefficient (Wildman–Crippen LogP) is 5.72. The van der Waals surface area contributed by atoms with Gasteiger partial charge in [-0.25, -0.2) is 0 Å². The van der Waals surface area contributed by atoms with Crippen LogP contribution in [0.15, 0.2) is 72.3 Å². The molecule has 6 heteroatoms. The van der Waals surface area contributed by atoms with Crippen LogP contribution in [0.4, 0.5) is 0 Å². The van der Waals surface area contributed by atoms with E-state index in [1.54, 1.807) is 7.11 Å². The molecule has 0 saturated carbocycles. The molecule has 1 fully saturated rings. The molecule has 0 radical (unpaired) electrons. The molecule has 1 aliphatic rings. The SMILES string of the molecule is COc1ccc(CN2C(=O)C(=O)/C(=C(/O)c3cc(C)ccc3C)C2c2ccc(OC(C)C)cc2)cc1. The van der Waals surface area contributed by atoms with E-state index < -0.39 is 17.7 Å². The third-order valence-electron chi connectivity index (χ3n) is 6.27. The first kappa shape index (κ1) is 25.0. The molecule has 1 amide bonds. The van der Waals surface area contributed by atoms with Crippen molar-refractivity contribution in [3.8, 4) is 11.5 Å². The van der Waals surface area contributed by atoms with Crippen molar-refractivity contribution in [1.82, 2.24) is 4.90 Å². The zero-order chi connectivity index (χ0) is 26.0. The van der Waals surface area contributed by atoms with E-state index in [0.29, 0.717) is 22.6 Å². The van der Waals surface area contributed by atoms with Gasteiger partial charge in [-0.05, 0) is 74.7 Å². The van der Waals surface area contributed by atoms with Crippen LogP contribution in [-0.2, 0) is 16.1 Å². The number of ketones is 1. The van der Waals surface area contributed by atoms with Crippen LogP contribution in [0, 0.1) is 13.8 Å². The Labute approximate surface area is 211 Å². The quantitative estimate of drug-likeness (QED) is 0.263. The molecule has 0 spiro atoms. The third-order valence-corrected chi connectivity index (χ3v) is 6.27. The lowest BCUT2D eigenvalue weighted by Crippen LogP contribution is -2.29. The first-order chi connectivity index (χ1) is 17.2. The lowest BCUT2D eigenvalue weighted by atomic mass is 9.93. The number of benzene rings is 3. The average Bonchev–Trinajstić information content (AvgIpc) is 3.10. The number of amides is 1. The number of hydrogen-bond donors (Lipinski definition) is 1. The topological polar surface area (TPSA) is 76.1 Å². The van der Waals surface area contributed by atoms with Crippen molar-refractivity contribution in [2.45, 2.75) is 46.4 Å². The van der Waals surface area contributed by atoms with Gasteiger partial charge in [-0.3, -0.25) is 9.59 Å². The second-order valence-electron chi connectivity index (χ2n) is 9.33. The molecule has 1 aliphatic heterocycles. The molecule has 6 nitrogen and oxygen atoms in total. The maximum absolute atomic E-state index is 13.4.